The minimum Gasteiger partial charge on any atom is -0.378 e. The molecule has 4 rings (SSSR count). The van der Waals surface area contributed by atoms with Gasteiger partial charge in [-0.05, 0) is 48.4 Å². The fourth-order valence-electron chi connectivity index (χ4n) is 3.10. The second kappa shape index (κ2) is 6.50. The molecule has 132 valence electrons. The molecule has 0 saturated carbocycles. The monoisotopic (exact) mass is 365 g/mol. The van der Waals surface area contributed by atoms with E-state index in [2.05, 4.69) is 50.6 Å². The normalized spacial score (nSPS) is 15.8. The molecule has 26 heavy (non-hydrogen) atoms. The van der Waals surface area contributed by atoms with Gasteiger partial charge in [0.25, 0.3) is 0 Å². The summed E-state index contributed by atoms with van der Waals surface area (Å²) in [6.45, 7) is 1.90. The molecular formula is C20H20ClN5. The summed E-state index contributed by atoms with van der Waals surface area (Å²) in [7, 11) is 4.07. The number of nitrogens with one attached hydrogen (secondary N) is 1. The van der Waals surface area contributed by atoms with Crippen LogP contribution < -0.4 is 10.2 Å². The Balaban J connectivity index is 1.76. The first-order valence-electron chi connectivity index (χ1n) is 8.46. The second-order valence-corrected chi connectivity index (χ2v) is 7.01. The number of rotatable bonds is 3. The van der Waals surface area contributed by atoms with Crippen molar-refractivity contribution in [2.24, 2.45) is 0 Å². The molecule has 0 unspecified atom stereocenters. The Hall–Kier alpha value is -2.79. The van der Waals surface area contributed by atoms with Gasteiger partial charge in [-0.3, -0.25) is 0 Å². The van der Waals surface area contributed by atoms with E-state index in [4.69, 9.17) is 11.6 Å². The van der Waals surface area contributed by atoms with E-state index in [1.807, 2.05) is 50.0 Å². The van der Waals surface area contributed by atoms with Crippen molar-refractivity contribution in [3.8, 4) is 0 Å². The van der Waals surface area contributed by atoms with Gasteiger partial charge in [0.15, 0.2) is 0 Å². The molecule has 1 aliphatic rings. The molecule has 0 radical (unpaired) electrons. The summed E-state index contributed by atoms with van der Waals surface area (Å²) >= 11 is 6.05. The molecule has 0 saturated heterocycles. The van der Waals surface area contributed by atoms with Crippen LogP contribution in [-0.4, -0.2) is 28.9 Å². The Morgan fingerprint density at radius 1 is 1.04 bits per heavy atom. The van der Waals surface area contributed by atoms with Crippen LogP contribution in [0.5, 0.6) is 0 Å². The van der Waals surface area contributed by atoms with Gasteiger partial charge in [-0.1, -0.05) is 35.9 Å². The molecule has 1 aliphatic heterocycles. The first kappa shape index (κ1) is 16.7. The Kier molecular flexibility index (Phi) is 4.17. The van der Waals surface area contributed by atoms with Crippen LogP contribution in [0.3, 0.4) is 0 Å². The SMILES string of the molecule is Cc1nc2n(n1)[C@@H](c1ccc(Cl)cc1)C=C(c1ccc(N(C)C)cc1)N2. The lowest BCUT2D eigenvalue weighted by atomic mass is 10.0. The van der Waals surface area contributed by atoms with E-state index in [-0.39, 0.29) is 6.04 Å². The van der Waals surface area contributed by atoms with Gasteiger partial charge >= 0.3 is 0 Å². The first-order chi connectivity index (χ1) is 12.5. The number of nitrogens with zero attached hydrogens (tertiary/aromatic N) is 4. The zero-order valence-corrected chi connectivity index (χ0v) is 15.7. The lowest BCUT2D eigenvalue weighted by Gasteiger charge is -2.24. The predicted molar refractivity (Wildman–Crippen MR) is 107 cm³/mol. The number of hydrogen-bond donors (Lipinski definition) is 1. The fourth-order valence-corrected chi connectivity index (χ4v) is 3.23. The van der Waals surface area contributed by atoms with Crippen molar-refractivity contribution >= 4 is 28.9 Å². The molecule has 1 aromatic heterocycles. The van der Waals surface area contributed by atoms with Gasteiger partial charge in [0, 0.05) is 30.5 Å². The van der Waals surface area contributed by atoms with Gasteiger partial charge in [0.1, 0.15) is 11.9 Å². The summed E-state index contributed by atoms with van der Waals surface area (Å²) in [4.78, 5) is 6.62. The summed E-state index contributed by atoms with van der Waals surface area (Å²) in [5.74, 6) is 1.49. The molecule has 1 atom stereocenters. The summed E-state index contributed by atoms with van der Waals surface area (Å²) < 4.78 is 1.91. The highest BCUT2D eigenvalue weighted by molar-refractivity contribution is 6.30. The van der Waals surface area contributed by atoms with Gasteiger partial charge in [0.2, 0.25) is 5.95 Å². The highest BCUT2D eigenvalue weighted by Crippen LogP contribution is 2.33. The topological polar surface area (TPSA) is 46.0 Å². The molecule has 0 bridgehead atoms. The minimum atomic E-state index is -0.0340. The Bertz CT molecular complexity index is 955. The van der Waals surface area contributed by atoms with Gasteiger partial charge in [-0.25, -0.2) is 4.68 Å². The Labute approximate surface area is 157 Å². The maximum atomic E-state index is 6.05. The third-order valence-corrected chi connectivity index (χ3v) is 4.73. The van der Waals surface area contributed by atoms with Crippen LogP contribution in [0.2, 0.25) is 5.02 Å². The zero-order chi connectivity index (χ0) is 18.3. The smallest absolute Gasteiger partial charge is 0.226 e. The Morgan fingerprint density at radius 3 is 2.38 bits per heavy atom. The van der Waals surface area contributed by atoms with Crippen LogP contribution in [0.25, 0.3) is 5.70 Å². The molecule has 2 heterocycles. The average Bonchev–Trinajstić information content (AvgIpc) is 3.02. The molecule has 0 amide bonds. The molecule has 6 heteroatoms. The van der Waals surface area contributed by atoms with Crippen LogP contribution in [0.1, 0.15) is 23.0 Å². The van der Waals surface area contributed by atoms with Gasteiger partial charge in [-0.2, -0.15) is 10.1 Å². The van der Waals surface area contributed by atoms with Crippen LogP contribution in [0.15, 0.2) is 54.6 Å². The van der Waals surface area contributed by atoms with E-state index < -0.39 is 0 Å². The molecule has 3 aromatic rings. The maximum Gasteiger partial charge on any atom is 0.226 e. The highest BCUT2D eigenvalue weighted by Gasteiger charge is 2.24. The number of aromatic nitrogens is 3. The first-order valence-corrected chi connectivity index (χ1v) is 8.84. The molecule has 0 spiro atoms. The van der Waals surface area contributed by atoms with Crippen molar-refractivity contribution in [3.63, 3.8) is 0 Å². The zero-order valence-electron chi connectivity index (χ0n) is 14.9. The molecule has 5 nitrogen and oxygen atoms in total. The third kappa shape index (κ3) is 3.06. The van der Waals surface area contributed by atoms with Crippen LogP contribution in [-0.2, 0) is 0 Å². The maximum absolute atomic E-state index is 6.05. The van der Waals surface area contributed by atoms with E-state index in [0.29, 0.717) is 0 Å². The number of hydrogen-bond acceptors (Lipinski definition) is 4. The van der Waals surface area contributed by atoms with Crippen LogP contribution >= 0.6 is 11.6 Å². The molecule has 0 fully saturated rings. The molecular weight excluding hydrogens is 346 g/mol. The number of allylic oxidation sites excluding steroid dienone is 1. The van der Waals surface area contributed by atoms with Crippen LogP contribution in [0, 0.1) is 6.92 Å². The lowest BCUT2D eigenvalue weighted by Crippen LogP contribution is -2.20. The van der Waals surface area contributed by atoms with Gasteiger partial charge in [-0.15, -0.1) is 0 Å². The summed E-state index contributed by atoms with van der Waals surface area (Å²) in [5.41, 5.74) is 4.42. The van der Waals surface area contributed by atoms with E-state index >= 15 is 0 Å². The summed E-state index contributed by atoms with van der Waals surface area (Å²) in [6, 6.07) is 16.3. The van der Waals surface area contributed by atoms with Crippen molar-refractivity contribution in [1.82, 2.24) is 14.8 Å². The summed E-state index contributed by atoms with van der Waals surface area (Å²) in [6.07, 6.45) is 2.18. The average molecular weight is 366 g/mol. The third-order valence-electron chi connectivity index (χ3n) is 4.48. The van der Waals surface area contributed by atoms with Crippen LogP contribution in [0.4, 0.5) is 11.6 Å². The van der Waals surface area contributed by atoms with E-state index in [0.717, 1.165) is 33.6 Å². The number of fused-ring (bicyclic) bond motifs is 1. The summed E-state index contributed by atoms with van der Waals surface area (Å²) in [5, 5.41) is 8.68. The Morgan fingerprint density at radius 2 is 1.73 bits per heavy atom. The van der Waals surface area contributed by atoms with Crippen molar-refractivity contribution in [3.05, 3.63) is 76.6 Å². The van der Waals surface area contributed by atoms with Crippen molar-refractivity contribution in [2.45, 2.75) is 13.0 Å². The molecule has 0 aliphatic carbocycles. The van der Waals surface area contributed by atoms with Crippen molar-refractivity contribution in [1.29, 1.82) is 0 Å². The van der Waals surface area contributed by atoms with E-state index in [1.54, 1.807) is 0 Å². The molecule has 1 N–H and O–H groups in total. The minimum absolute atomic E-state index is 0.0340. The van der Waals surface area contributed by atoms with Crippen molar-refractivity contribution in [2.75, 3.05) is 24.3 Å². The lowest BCUT2D eigenvalue weighted by molar-refractivity contribution is 0.607. The number of benzene rings is 2. The number of aryl methyl sites for hydroxylation is 1. The fraction of sp³-hybridized carbons (Fsp3) is 0.200. The number of anilines is 2. The predicted octanol–water partition coefficient (Wildman–Crippen LogP) is 4.36. The van der Waals surface area contributed by atoms with Crippen molar-refractivity contribution < 1.29 is 0 Å². The largest absolute Gasteiger partial charge is 0.378 e. The van der Waals surface area contributed by atoms with Gasteiger partial charge < -0.3 is 10.2 Å². The molecule has 2 aromatic carbocycles. The second-order valence-electron chi connectivity index (χ2n) is 6.57. The van der Waals surface area contributed by atoms with E-state index in [1.165, 1.54) is 5.69 Å². The number of halogens is 1. The van der Waals surface area contributed by atoms with Gasteiger partial charge in [0.05, 0.1) is 0 Å². The standard InChI is InChI=1S/C20H20ClN5/c1-13-22-20-23-18(14-6-10-17(11-7-14)25(2)3)12-19(26(20)24-13)15-4-8-16(21)9-5-15/h4-12,19H,1-3H3,(H,22,23,24)/t19-/m1/s1. The quantitative estimate of drug-likeness (QED) is 0.749. The van der Waals surface area contributed by atoms with E-state index in [9.17, 15) is 0 Å². The highest BCUT2D eigenvalue weighted by atomic mass is 35.5.